The topological polar surface area (TPSA) is 65.5 Å². The molecular formula is C15H21Cl2N3O2. The maximum atomic E-state index is 11.8. The number of aromatic nitrogens is 1. The molecule has 7 heteroatoms. The second-order valence-electron chi connectivity index (χ2n) is 5.86. The Hall–Kier alpha value is -1.04. The zero-order chi connectivity index (χ0) is 14.8. The van der Waals surface area contributed by atoms with Crippen LogP contribution >= 0.6 is 24.0 Å². The largest absolute Gasteiger partial charge is 0.396 e. The number of carbonyl (C=O) groups excluding carboxylic acids is 1. The fourth-order valence-electron chi connectivity index (χ4n) is 3.15. The smallest absolute Gasteiger partial charge is 0.222 e. The van der Waals surface area contributed by atoms with E-state index in [9.17, 15) is 4.79 Å². The van der Waals surface area contributed by atoms with Crippen LogP contribution in [-0.2, 0) is 4.79 Å². The van der Waals surface area contributed by atoms with Crippen molar-refractivity contribution < 1.29 is 9.90 Å². The lowest BCUT2D eigenvalue weighted by Crippen LogP contribution is -2.41. The number of nitrogens with zero attached hydrogens (tertiary/aromatic N) is 2. The van der Waals surface area contributed by atoms with Crippen molar-refractivity contribution in [1.82, 2.24) is 10.3 Å². The summed E-state index contributed by atoms with van der Waals surface area (Å²) in [6.45, 7) is 1.50. The summed E-state index contributed by atoms with van der Waals surface area (Å²) in [5.74, 6) is 1.86. The molecule has 0 radical (unpaired) electrons. The van der Waals surface area contributed by atoms with E-state index in [0.29, 0.717) is 16.9 Å². The van der Waals surface area contributed by atoms with Crippen molar-refractivity contribution in [3.8, 4) is 0 Å². The van der Waals surface area contributed by atoms with Crippen molar-refractivity contribution >= 4 is 35.7 Å². The highest BCUT2D eigenvalue weighted by molar-refractivity contribution is 6.32. The van der Waals surface area contributed by atoms with Crippen LogP contribution in [0.5, 0.6) is 0 Å². The van der Waals surface area contributed by atoms with Gasteiger partial charge in [0, 0.05) is 31.6 Å². The van der Waals surface area contributed by atoms with Crippen LogP contribution in [0.4, 0.5) is 5.82 Å². The van der Waals surface area contributed by atoms with Gasteiger partial charge in [-0.15, -0.1) is 12.4 Å². The van der Waals surface area contributed by atoms with E-state index in [-0.39, 0.29) is 37.4 Å². The van der Waals surface area contributed by atoms with Crippen LogP contribution in [0.15, 0.2) is 18.3 Å². The SMILES string of the molecule is Cl.O=C(CCO)N[C@H]1CN(c2ncccc2Cl)C[C@@H]1C1CC1. The Labute approximate surface area is 141 Å². The summed E-state index contributed by atoms with van der Waals surface area (Å²) in [5.41, 5.74) is 0. The monoisotopic (exact) mass is 345 g/mol. The third-order valence-electron chi connectivity index (χ3n) is 4.32. The minimum absolute atomic E-state index is 0. The summed E-state index contributed by atoms with van der Waals surface area (Å²) in [4.78, 5) is 18.3. The van der Waals surface area contributed by atoms with Gasteiger partial charge < -0.3 is 15.3 Å². The number of aliphatic hydroxyl groups excluding tert-OH is 1. The highest BCUT2D eigenvalue weighted by Gasteiger charge is 2.43. The number of carbonyl (C=O) groups is 1. The maximum absolute atomic E-state index is 11.8. The number of hydrogen-bond donors (Lipinski definition) is 2. The Balaban J connectivity index is 0.00000176. The van der Waals surface area contributed by atoms with Crippen LogP contribution in [0, 0.1) is 11.8 Å². The maximum Gasteiger partial charge on any atom is 0.222 e. The Kier molecular flexibility index (Phi) is 5.89. The van der Waals surface area contributed by atoms with Crippen LogP contribution in [0.1, 0.15) is 19.3 Å². The molecule has 2 heterocycles. The highest BCUT2D eigenvalue weighted by atomic mass is 35.5. The summed E-state index contributed by atoms with van der Waals surface area (Å²) >= 11 is 6.23. The van der Waals surface area contributed by atoms with Gasteiger partial charge in [0.2, 0.25) is 5.91 Å². The number of pyridine rings is 1. The van der Waals surface area contributed by atoms with Gasteiger partial charge in [0.25, 0.3) is 0 Å². The summed E-state index contributed by atoms with van der Waals surface area (Å²) in [6, 6.07) is 3.78. The van der Waals surface area contributed by atoms with Gasteiger partial charge >= 0.3 is 0 Å². The zero-order valence-corrected chi connectivity index (χ0v) is 13.8. The molecule has 0 unspecified atom stereocenters. The molecule has 0 bridgehead atoms. The third-order valence-corrected chi connectivity index (χ3v) is 4.61. The molecule has 1 saturated heterocycles. The number of nitrogens with one attached hydrogen (secondary N) is 1. The fourth-order valence-corrected chi connectivity index (χ4v) is 3.39. The number of aliphatic hydroxyl groups is 1. The number of anilines is 1. The molecule has 2 aliphatic rings. The number of hydrogen-bond acceptors (Lipinski definition) is 4. The van der Waals surface area contributed by atoms with Crippen molar-refractivity contribution in [3.63, 3.8) is 0 Å². The second-order valence-corrected chi connectivity index (χ2v) is 6.27. The lowest BCUT2D eigenvalue weighted by Gasteiger charge is -2.19. The van der Waals surface area contributed by atoms with E-state index in [2.05, 4.69) is 15.2 Å². The average Bonchev–Trinajstić information content (AvgIpc) is 3.22. The lowest BCUT2D eigenvalue weighted by molar-refractivity contribution is -0.122. The molecule has 1 amide bonds. The molecule has 0 spiro atoms. The first-order chi connectivity index (χ1) is 10.2. The Bertz CT molecular complexity index is 525. The number of rotatable bonds is 5. The standard InChI is InChI=1S/C15H20ClN3O2.ClH/c16-12-2-1-6-17-15(12)19-8-11(10-3-4-10)13(9-19)18-14(21)5-7-20;/h1-2,6,10-11,13,20H,3-5,7-9H2,(H,18,21);1H/t11-,13+;/m1./s1. The zero-order valence-electron chi connectivity index (χ0n) is 12.2. The average molecular weight is 346 g/mol. The van der Waals surface area contributed by atoms with E-state index in [4.69, 9.17) is 16.7 Å². The molecule has 122 valence electrons. The second kappa shape index (κ2) is 7.49. The van der Waals surface area contributed by atoms with Gasteiger partial charge in [0.05, 0.1) is 17.7 Å². The summed E-state index contributed by atoms with van der Waals surface area (Å²) in [5, 5.41) is 12.6. The molecule has 22 heavy (non-hydrogen) atoms. The van der Waals surface area contributed by atoms with Gasteiger partial charge in [0.15, 0.2) is 0 Å². The third kappa shape index (κ3) is 3.83. The predicted molar refractivity (Wildman–Crippen MR) is 88.6 cm³/mol. The van der Waals surface area contributed by atoms with Crippen molar-refractivity contribution in [2.24, 2.45) is 11.8 Å². The van der Waals surface area contributed by atoms with Gasteiger partial charge in [0.1, 0.15) is 5.82 Å². The Morgan fingerprint density at radius 1 is 1.45 bits per heavy atom. The molecular weight excluding hydrogens is 325 g/mol. The van der Waals surface area contributed by atoms with Crippen LogP contribution in [-0.4, -0.2) is 41.7 Å². The van der Waals surface area contributed by atoms with E-state index in [0.717, 1.165) is 18.9 Å². The lowest BCUT2D eigenvalue weighted by atomic mass is 9.98. The molecule has 5 nitrogen and oxygen atoms in total. The minimum Gasteiger partial charge on any atom is -0.396 e. The van der Waals surface area contributed by atoms with Crippen LogP contribution in [0.25, 0.3) is 0 Å². The minimum atomic E-state index is -0.109. The van der Waals surface area contributed by atoms with Gasteiger partial charge in [-0.05, 0) is 30.9 Å². The summed E-state index contributed by atoms with van der Waals surface area (Å²) in [7, 11) is 0. The van der Waals surface area contributed by atoms with Gasteiger partial charge in [-0.25, -0.2) is 4.98 Å². The first-order valence-electron chi connectivity index (χ1n) is 7.44. The van der Waals surface area contributed by atoms with E-state index < -0.39 is 0 Å². The van der Waals surface area contributed by atoms with E-state index in [1.54, 1.807) is 6.20 Å². The molecule has 1 aliphatic carbocycles. The molecule has 2 fully saturated rings. The molecule has 1 aliphatic heterocycles. The number of amides is 1. The van der Waals surface area contributed by atoms with E-state index in [1.165, 1.54) is 12.8 Å². The van der Waals surface area contributed by atoms with Gasteiger partial charge in [-0.1, -0.05) is 11.6 Å². The van der Waals surface area contributed by atoms with Crippen molar-refractivity contribution in [2.45, 2.75) is 25.3 Å². The van der Waals surface area contributed by atoms with Gasteiger partial charge in [-0.2, -0.15) is 0 Å². The number of halogens is 2. The van der Waals surface area contributed by atoms with E-state index >= 15 is 0 Å². The van der Waals surface area contributed by atoms with Crippen LogP contribution in [0.2, 0.25) is 5.02 Å². The molecule has 0 aromatic carbocycles. The summed E-state index contributed by atoms with van der Waals surface area (Å²) in [6.07, 6.45) is 4.38. The molecule has 2 atom stereocenters. The van der Waals surface area contributed by atoms with Gasteiger partial charge in [-0.3, -0.25) is 4.79 Å². The van der Waals surface area contributed by atoms with Crippen LogP contribution < -0.4 is 10.2 Å². The molecule has 1 aromatic rings. The predicted octanol–water partition coefficient (Wildman–Crippen LogP) is 1.87. The van der Waals surface area contributed by atoms with Crippen molar-refractivity contribution in [2.75, 3.05) is 24.6 Å². The van der Waals surface area contributed by atoms with Crippen LogP contribution in [0.3, 0.4) is 0 Å². The first-order valence-corrected chi connectivity index (χ1v) is 7.82. The Morgan fingerprint density at radius 3 is 2.86 bits per heavy atom. The first kappa shape index (κ1) is 17.3. The molecule has 3 rings (SSSR count). The Morgan fingerprint density at radius 2 is 2.23 bits per heavy atom. The quantitative estimate of drug-likeness (QED) is 0.854. The normalized spacial score (nSPS) is 24.0. The van der Waals surface area contributed by atoms with Crippen molar-refractivity contribution in [3.05, 3.63) is 23.4 Å². The molecule has 2 N–H and O–H groups in total. The summed E-state index contributed by atoms with van der Waals surface area (Å²) < 4.78 is 0. The molecule has 1 aromatic heterocycles. The fraction of sp³-hybridized carbons (Fsp3) is 0.600. The van der Waals surface area contributed by atoms with Crippen molar-refractivity contribution in [1.29, 1.82) is 0 Å². The highest BCUT2D eigenvalue weighted by Crippen LogP contribution is 2.42. The van der Waals surface area contributed by atoms with E-state index in [1.807, 2.05) is 12.1 Å². The molecule has 1 saturated carbocycles.